The van der Waals surface area contributed by atoms with Crippen LogP contribution in [-0.4, -0.2) is 79.3 Å². The van der Waals surface area contributed by atoms with Crippen LogP contribution in [0.25, 0.3) is 0 Å². The van der Waals surface area contributed by atoms with E-state index in [1.165, 1.54) is 11.3 Å². The van der Waals surface area contributed by atoms with Crippen molar-refractivity contribution >= 4 is 22.4 Å². The number of nitrogens with two attached hydrogens (primary N) is 1. The Bertz CT molecular complexity index is 504. The molecule has 1 aromatic rings. The van der Waals surface area contributed by atoms with E-state index in [9.17, 15) is 4.79 Å². The first kappa shape index (κ1) is 15.7. The smallest absolute Gasteiger partial charge is 0.273 e. The standard InChI is InChI=1S/C14H22N4O3S/c15-14-16-12(10-22-14)13(19)18-2-1-5-21-11(9-18)8-17-3-6-20-7-4-17/h10-11H,1-9H2,(H2,15,16). The molecule has 1 atom stereocenters. The molecule has 0 saturated carbocycles. The first-order valence-electron chi connectivity index (χ1n) is 7.64. The van der Waals surface area contributed by atoms with Gasteiger partial charge in [0.25, 0.3) is 5.91 Å². The topological polar surface area (TPSA) is 80.9 Å². The number of aromatic nitrogens is 1. The molecule has 2 aliphatic rings. The highest BCUT2D eigenvalue weighted by Gasteiger charge is 2.26. The molecule has 22 heavy (non-hydrogen) atoms. The summed E-state index contributed by atoms with van der Waals surface area (Å²) in [6, 6.07) is 0. The minimum Gasteiger partial charge on any atom is -0.379 e. The molecular formula is C14H22N4O3S. The average molecular weight is 326 g/mol. The number of anilines is 1. The molecule has 7 nitrogen and oxygen atoms in total. The molecule has 0 aliphatic carbocycles. The van der Waals surface area contributed by atoms with Crippen molar-refractivity contribution in [2.24, 2.45) is 0 Å². The Labute approximate surface area is 134 Å². The summed E-state index contributed by atoms with van der Waals surface area (Å²) in [6.45, 7) is 6.24. The first-order chi connectivity index (χ1) is 10.7. The molecule has 1 unspecified atom stereocenters. The van der Waals surface area contributed by atoms with Crippen LogP contribution in [0, 0.1) is 0 Å². The predicted octanol–water partition coefficient (Wildman–Crippen LogP) is 0.289. The second-order valence-electron chi connectivity index (χ2n) is 5.58. The molecule has 1 aromatic heterocycles. The molecule has 0 bridgehead atoms. The summed E-state index contributed by atoms with van der Waals surface area (Å²) in [5.41, 5.74) is 6.06. The van der Waals surface area contributed by atoms with Crippen molar-refractivity contribution in [2.45, 2.75) is 12.5 Å². The Kier molecular flexibility index (Phi) is 5.24. The molecule has 8 heteroatoms. The lowest BCUT2D eigenvalue weighted by atomic mass is 10.2. The van der Waals surface area contributed by atoms with Gasteiger partial charge in [0.1, 0.15) is 5.69 Å². The van der Waals surface area contributed by atoms with E-state index in [4.69, 9.17) is 15.2 Å². The van der Waals surface area contributed by atoms with E-state index < -0.39 is 0 Å². The largest absolute Gasteiger partial charge is 0.379 e. The number of ether oxygens (including phenoxy) is 2. The number of nitrogen functional groups attached to an aromatic ring is 1. The lowest BCUT2D eigenvalue weighted by Crippen LogP contribution is -2.45. The molecule has 1 amide bonds. The Morgan fingerprint density at radius 1 is 1.36 bits per heavy atom. The maximum atomic E-state index is 12.5. The van der Waals surface area contributed by atoms with Gasteiger partial charge >= 0.3 is 0 Å². The molecule has 2 saturated heterocycles. The number of rotatable bonds is 3. The fourth-order valence-electron chi connectivity index (χ4n) is 2.81. The third-order valence-electron chi connectivity index (χ3n) is 3.94. The van der Waals surface area contributed by atoms with Crippen LogP contribution in [0.2, 0.25) is 0 Å². The van der Waals surface area contributed by atoms with Gasteiger partial charge in [0.05, 0.1) is 19.3 Å². The van der Waals surface area contributed by atoms with Crippen molar-refractivity contribution in [3.8, 4) is 0 Å². The molecule has 0 aromatic carbocycles. The number of thiazole rings is 1. The second kappa shape index (κ2) is 7.36. The van der Waals surface area contributed by atoms with Crippen molar-refractivity contribution in [3.05, 3.63) is 11.1 Å². The lowest BCUT2D eigenvalue weighted by Gasteiger charge is -2.31. The normalized spacial score (nSPS) is 24.2. The van der Waals surface area contributed by atoms with Crippen molar-refractivity contribution < 1.29 is 14.3 Å². The number of nitrogens with zero attached hydrogens (tertiary/aromatic N) is 3. The minimum absolute atomic E-state index is 0.0422. The van der Waals surface area contributed by atoms with Gasteiger partial charge in [0, 0.05) is 44.7 Å². The van der Waals surface area contributed by atoms with E-state index in [2.05, 4.69) is 9.88 Å². The van der Waals surface area contributed by atoms with Gasteiger partial charge in [0.2, 0.25) is 0 Å². The van der Waals surface area contributed by atoms with Gasteiger partial charge < -0.3 is 20.1 Å². The van der Waals surface area contributed by atoms with Crippen molar-refractivity contribution in [3.63, 3.8) is 0 Å². The van der Waals surface area contributed by atoms with Crippen molar-refractivity contribution in [1.82, 2.24) is 14.8 Å². The van der Waals surface area contributed by atoms with Gasteiger partial charge in [-0.25, -0.2) is 4.98 Å². The molecule has 0 spiro atoms. The van der Waals surface area contributed by atoms with E-state index >= 15 is 0 Å². The van der Waals surface area contributed by atoms with E-state index in [0.29, 0.717) is 30.5 Å². The number of amides is 1. The predicted molar refractivity (Wildman–Crippen MR) is 84.0 cm³/mol. The van der Waals surface area contributed by atoms with Crippen molar-refractivity contribution in [2.75, 3.05) is 58.3 Å². The maximum absolute atomic E-state index is 12.5. The highest BCUT2D eigenvalue weighted by molar-refractivity contribution is 7.13. The summed E-state index contributed by atoms with van der Waals surface area (Å²) in [6.07, 6.45) is 0.894. The summed E-state index contributed by atoms with van der Waals surface area (Å²) < 4.78 is 11.3. The number of hydrogen-bond donors (Lipinski definition) is 1. The first-order valence-corrected chi connectivity index (χ1v) is 8.52. The molecule has 3 heterocycles. The second-order valence-corrected chi connectivity index (χ2v) is 6.47. The quantitative estimate of drug-likeness (QED) is 0.860. The van der Waals surface area contributed by atoms with Crippen LogP contribution in [0.4, 0.5) is 5.13 Å². The van der Waals surface area contributed by atoms with Crippen LogP contribution < -0.4 is 5.73 Å². The molecule has 2 N–H and O–H groups in total. The van der Waals surface area contributed by atoms with Crippen LogP contribution in [0.15, 0.2) is 5.38 Å². The van der Waals surface area contributed by atoms with Gasteiger partial charge in [-0.2, -0.15) is 0 Å². The molecule has 2 aliphatic heterocycles. The SMILES string of the molecule is Nc1nc(C(=O)N2CCCOC(CN3CCOCC3)C2)cs1. The van der Waals surface area contributed by atoms with Crippen LogP contribution in [0.1, 0.15) is 16.9 Å². The average Bonchev–Trinajstić information content (AvgIpc) is 2.83. The third-order valence-corrected chi connectivity index (χ3v) is 4.62. The fraction of sp³-hybridized carbons (Fsp3) is 0.714. The highest BCUT2D eigenvalue weighted by Crippen LogP contribution is 2.16. The van der Waals surface area contributed by atoms with Crippen LogP contribution in [0.3, 0.4) is 0 Å². The maximum Gasteiger partial charge on any atom is 0.273 e. The van der Waals surface area contributed by atoms with Crippen LogP contribution >= 0.6 is 11.3 Å². The molecule has 2 fully saturated rings. The zero-order chi connectivity index (χ0) is 15.4. The van der Waals surface area contributed by atoms with E-state index in [1.54, 1.807) is 5.38 Å². The van der Waals surface area contributed by atoms with E-state index in [0.717, 1.165) is 39.3 Å². The third kappa shape index (κ3) is 3.95. The van der Waals surface area contributed by atoms with Gasteiger partial charge in [-0.05, 0) is 6.42 Å². The molecule has 0 radical (unpaired) electrons. The highest BCUT2D eigenvalue weighted by atomic mass is 32.1. The van der Waals surface area contributed by atoms with Crippen molar-refractivity contribution in [1.29, 1.82) is 0 Å². The van der Waals surface area contributed by atoms with Crippen LogP contribution in [-0.2, 0) is 9.47 Å². The monoisotopic (exact) mass is 326 g/mol. The van der Waals surface area contributed by atoms with Gasteiger partial charge in [-0.1, -0.05) is 0 Å². The number of carbonyl (C=O) groups is 1. The summed E-state index contributed by atoms with van der Waals surface area (Å²) >= 11 is 1.30. The van der Waals surface area contributed by atoms with Gasteiger partial charge in [-0.3, -0.25) is 9.69 Å². The zero-order valence-corrected chi connectivity index (χ0v) is 13.4. The number of morpholine rings is 1. The molecule has 3 rings (SSSR count). The molecule has 122 valence electrons. The lowest BCUT2D eigenvalue weighted by molar-refractivity contribution is -0.0112. The summed E-state index contributed by atoms with van der Waals surface area (Å²) in [5, 5.41) is 2.15. The van der Waals surface area contributed by atoms with E-state index in [-0.39, 0.29) is 12.0 Å². The van der Waals surface area contributed by atoms with E-state index in [1.807, 2.05) is 4.90 Å². The summed E-state index contributed by atoms with van der Waals surface area (Å²) in [7, 11) is 0. The van der Waals surface area contributed by atoms with Crippen LogP contribution in [0.5, 0.6) is 0 Å². The number of hydrogen-bond acceptors (Lipinski definition) is 7. The zero-order valence-electron chi connectivity index (χ0n) is 12.6. The summed E-state index contributed by atoms with van der Waals surface area (Å²) in [5.74, 6) is -0.0505. The molecular weight excluding hydrogens is 304 g/mol. The fourth-order valence-corrected chi connectivity index (χ4v) is 3.35. The Balaban J connectivity index is 1.60. The Morgan fingerprint density at radius 2 is 2.18 bits per heavy atom. The number of carbonyl (C=O) groups excluding carboxylic acids is 1. The Morgan fingerprint density at radius 3 is 2.91 bits per heavy atom. The van der Waals surface area contributed by atoms with Gasteiger partial charge in [0.15, 0.2) is 5.13 Å². The minimum atomic E-state index is -0.0505. The Hall–Kier alpha value is -1.22. The van der Waals surface area contributed by atoms with Gasteiger partial charge in [-0.15, -0.1) is 11.3 Å². The summed E-state index contributed by atoms with van der Waals surface area (Å²) in [4.78, 5) is 20.8.